The number of thiazole rings is 1. The quantitative estimate of drug-likeness (QED) is 0.863. The zero-order valence-electron chi connectivity index (χ0n) is 9.55. The van der Waals surface area contributed by atoms with Crippen molar-refractivity contribution in [2.24, 2.45) is 7.05 Å². The molecule has 0 bridgehead atoms. The van der Waals surface area contributed by atoms with Crippen LogP contribution in [0.25, 0.3) is 0 Å². The lowest BCUT2D eigenvalue weighted by molar-refractivity contribution is 0.595. The molecule has 1 N–H and O–H groups in total. The number of hydrogen-bond donors (Lipinski definition) is 1. The number of aryl methyl sites for hydroxylation is 1. The van der Waals surface area contributed by atoms with Crippen LogP contribution in [-0.4, -0.2) is 21.3 Å². The molecule has 2 aromatic heterocycles. The SMILES string of the molecule is CCCNC(c1cnn(C)c1)c1nccs1. The molecule has 0 radical (unpaired) electrons. The molecule has 0 fully saturated rings. The Bertz CT molecular complexity index is 421. The normalized spacial score (nSPS) is 12.9. The van der Waals surface area contributed by atoms with Crippen LogP contribution in [0.5, 0.6) is 0 Å². The second-order valence-electron chi connectivity index (χ2n) is 3.70. The van der Waals surface area contributed by atoms with Crippen LogP contribution < -0.4 is 5.32 Å². The van der Waals surface area contributed by atoms with E-state index in [0.29, 0.717) is 0 Å². The topological polar surface area (TPSA) is 42.7 Å². The van der Waals surface area contributed by atoms with Crippen LogP contribution >= 0.6 is 11.3 Å². The Morgan fingerprint density at radius 3 is 3.00 bits per heavy atom. The summed E-state index contributed by atoms with van der Waals surface area (Å²) in [6, 6.07) is 0.175. The molecular weight excluding hydrogens is 220 g/mol. The van der Waals surface area contributed by atoms with Crippen molar-refractivity contribution in [2.45, 2.75) is 19.4 Å². The average molecular weight is 236 g/mol. The lowest BCUT2D eigenvalue weighted by atomic mass is 10.1. The lowest BCUT2D eigenvalue weighted by Crippen LogP contribution is -2.22. The molecule has 0 aliphatic carbocycles. The van der Waals surface area contributed by atoms with E-state index in [9.17, 15) is 0 Å². The predicted molar refractivity (Wildman–Crippen MR) is 65.5 cm³/mol. The van der Waals surface area contributed by atoms with E-state index in [0.717, 1.165) is 18.0 Å². The zero-order chi connectivity index (χ0) is 11.4. The van der Waals surface area contributed by atoms with Gasteiger partial charge in [-0.05, 0) is 13.0 Å². The molecule has 2 rings (SSSR count). The van der Waals surface area contributed by atoms with Crippen molar-refractivity contribution >= 4 is 11.3 Å². The van der Waals surface area contributed by atoms with E-state index in [1.807, 2.05) is 35.7 Å². The molecule has 1 atom stereocenters. The van der Waals surface area contributed by atoms with Gasteiger partial charge in [-0.1, -0.05) is 6.92 Å². The molecule has 0 spiro atoms. The Hall–Kier alpha value is -1.20. The van der Waals surface area contributed by atoms with Crippen LogP contribution in [0.15, 0.2) is 24.0 Å². The predicted octanol–water partition coefficient (Wildman–Crippen LogP) is 1.97. The van der Waals surface area contributed by atoms with Gasteiger partial charge in [0.2, 0.25) is 0 Å². The fourth-order valence-corrected chi connectivity index (χ4v) is 2.34. The van der Waals surface area contributed by atoms with E-state index in [4.69, 9.17) is 0 Å². The summed E-state index contributed by atoms with van der Waals surface area (Å²) in [7, 11) is 1.93. The second-order valence-corrected chi connectivity index (χ2v) is 4.63. The first-order valence-electron chi connectivity index (χ1n) is 5.42. The van der Waals surface area contributed by atoms with Crippen molar-refractivity contribution in [3.8, 4) is 0 Å². The Labute approximate surface area is 99.3 Å². The van der Waals surface area contributed by atoms with Crippen LogP contribution in [-0.2, 0) is 7.05 Å². The van der Waals surface area contributed by atoms with E-state index >= 15 is 0 Å². The van der Waals surface area contributed by atoms with E-state index < -0.39 is 0 Å². The molecule has 0 aromatic carbocycles. The van der Waals surface area contributed by atoms with Crippen molar-refractivity contribution in [3.05, 3.63) is 34.5 Å². The van der Waals surface area contributed by atoms with Crippen LogP contribution in [0, 0.1) is 0 Å². The maximum absolute atomic E-state index is 4.37. The molecule has 2 heterocycles. The first-order chi connectivity index (χ1) is 7.81. The minimum atomic E-state index is 0.175. The summed E-state index contributed by atoms with van der Waals surface area (Å²) >= 11 is 1.67. The highest BCUT2D eigenvalue weighted by Crippen LogP contribution is 2.23. The number of nitrogens with one attached hydrogen (secondary N) is 1. The highest BCUT2D eigenvalue weighted by atomic mass is 32.1. The third-order valence-corrected chi connectivity index (χ3v) is 3.20. The first kappa shape index (κ1) is 11.3. The molecule has 0 aliphatic rings. The fourth-order valence-electron chi connectivity index (χ4n) is 1.60. The molecule has 1 unspecified atom stereocenters. The van der Waals surface area contributed by atoms with Gasteiger partial charge in [0.25, 0.3) is 0 Å². The Morgan fingerprint density at radius 1 is 1.56 bits per heavy atom. The van der Waals surface area contributed by atoms with Crippen LogP contribution in [0.2, 0.25) is 0 Å². The summed E-state index contributed by atoms with van der Waals surface area (Å²) in [4.78, 5) is 4.37. The molecule has 0 amide bonds. The molecule has 0 saturated carbocycles. The van der Waals surface area contributed by atoms with Gasteiger partial charge in [0.05, 0.1) is 12.2 Å². The number of rotatable bonds is 5. The fraction of sp³-hybridized carbons (Fsp3) is 0.455. The highest BCUT2D eigenvalue weighted by molar-refractivity contribution is 7.09. The number of aromatic nitrogens is 3. The lowest BCUT2D eigenvalue weighted by Gasteiger charge is -2.13. The maximum atomic E-state index is 4.37. The third kappa shape index (κ3) is 2.48. The van der Waals surface area contributed by atoms with Crippen LogP contribution in [0.4, 0.5) is 0 Å². The molecule has 5 heteroatoms. The Morgan fingerprint density at radius 2 is 2.44 bits per heavy atom. The van der Waals surface area contributed by atoms with Gasteiger partial charge in [-0.2, -0.15) is 5.10 Å². The molecular formula is C11H16N4S. The third-order valence-electron chi connectivity index (χ3n) is 2.36. The van der Waals surface area contributed by atoms with Gasteiger partial charge in [0.1, 0.15) is 5.01 Å². The standard InChI is InChI=1S/C11H16N4S/c1-3-4-12-10(11-13-5-6-16-11)9-7-14-15(2)8-9/h5-8,10,12H,3-4H2,1-2H3. The average Bonchev–Trinajstić information content (AvgIpc) is 2.91. The zero-order valence-corrected chi connectivity index (χ0v) is 10.4. The van der Waals surface area contributed by atoms with Crippen molar-refractivity contribution in [2.75, 3.05) is 6.54 Å². The smallest absolute Gasteiger partial charge is 0.114 e. The molecule has 16 heavy (non-hydrogen) atoms. The Balaban J connectivity index is 2.21. The van der Waals surface area contributed by atoms with Crippen molar-refractivity contribution in [3.63, 3.8) is 0 Å². The van der Waals surface area contributed by atoms with E-state index in [1.54, 1.807) is 11.3 Å². The van der Waals surface area contributed by atoms with Crippen LogP contribution in [0.3, 0.4) is 0 Å². The minimum absolute atomic E-state index is 0.175. The van der Waals surface area contributed by atoms with E-state index in [1.165, 1.54) is 5.56 Å². The first-order valence-corrected chi connectivity index (χ1v) is 6.30. The second kappa shape index (κ2) is 5.23. The summed E-state index contributed by atoms with van der Waals surface area (Å²) in [5, 5.41) is 10.8. The maximum Gasteiger partial charge on any atom is 0.114 e. The van der Waals surface area contributed by atoms with Crippen molar-refractivity contribution < 1.29 is 0 Å². The summed E-state index contributed by atoms with van der Waals surface area (Å²) in [6.07, 6.45) is 6.89. The summed E-state index contributed by atoms with van der Waals surface area (Å²) in [5.74, 6) is 0. The Kier molecular flexibility index (Phi) is 3.69. The van der Waals surface area contributed by atoms with Gasteiger partial charge < -0.3 is 5.32 Å². The van der Waals surface area contributed by atoms with E-state index in [2.05, 4.69) is 22.3 Å². The van der Waals surface area contributed by atoms with Crippen molar-refractivity contribution in [1.29, 1.82) is 0 Å². The van der Waals surface area contributed by atoms with Gasteiger partial charge in [0, 0.05) is 30.4 Å². The monoisotopic (exact) mass is 236 g/mol. The van der Waals surface area contributed by atoms with E-state index in [-0.39, 0.29) is 6.04 Å². The molecule has 0 saturated heterocycles. The summed E-state index contributed by atoms with van der Waals surface area (Å²) in [5.41, 5.74) is 1.17. The van der Waals surface area contributed by atoms with Gasteiger partial charge >= 0.3 is 0 Å². The molecule has 0 aliphatic heterocycles. The number of hydrogen-bond acceptors (Lipinski definition) is 4. The summed E-state index contributed by atoms with van der Waals surface area (Å²) in [6.45, 7) is 3.15. The van der Waals surface area contributed by atoms with Gasteiger partial charge in [0.15, 0.2) is 0 Å². The molecule has 86 valence electrons. The molecule has 2 aromatic rings. The molecule has 4 nitrogen and oxygen atoms in total. The highest BCUT2D eigenvalue weighted by Gasteiger charge is 2.16. The van der Waals surface area contributed by atoms with Gasteiger partial charge in [-0.25, -0.2) is 4.98 Å². The largest absolute Gasteiger partial charge is 0.304 e. The minimum Gasteiger partial charge on any atom is -0.304 e. The summed E-state index contributed by atoms with van der Waals surface area (Å²) < 4.78 is 1.82. The van der Waals surface area contributed by atoms with Crippen LogP contribution in [0.1, 0.15) is 30.0 Å². The van der Waals surface area contributed by atoms with Crippen molar-refractivity contribution in [1.82, 2.24) is 20.1 Å². The number of nitrogens with zero attached hydrogens (tertiary/aromatic N) is 3. The van der Waals surface area contributed by atoms with Gasteiger partial charge in [-0.3, -0.25) is 4.68 Å². The van der Waals surface area contributed by atoms with Gasteiger partial charge in [-0.15, -0.1) is 11.3 Å².